The Hall–Kier alpha value is -4.46. The van der Waals surface area contributed by atoms with Crippen LogP contribution in [0, 0.1) is 18.8 Å². The smallest absolute Gasteiger partial charge is 0.336 e. The summed E-state index contributed by atoms with van der Waals surface area (Å²) in [5.41, 5.74) is 5.21. The number of amides is 1. The Balaban J connectivity index is 1.54. The van der Waals surface area contributed by atoms with Crippen LogP contribution in [-0.4, -0.2) is 37.6 Å². The maximum absolute atomic E-state index is 13.0. The van der Waals surface area contributed by atoms with E-state index in [2.05, 4.69) is 12.2 Å². The fraction of sp³-hybridized carbons (Fsp3) is 0.353. The Bertz CT molecular complexity index is 1630. The highest BCUT2D eigenvalue weighted by Crippen LogP contribution is 2.35. The number of aromatic nitrogens is 2. The molecule has 1 fully saturated rings. The molecule has 218 valence electrons. The molecule has 1 amide bonds. The Morgan fingerprint density at radius 3 is 2.48 bits per heavy atom. The summed E-state index contributed by atoms with van der Waals surface area (Å²) in [4.78, 5) is 42.2. The molecule has 3 N–H and O–H groups in total. The zero-order valence-corrected chi connectivity index (χ0v) is 24.1. The van der Waals surface area contributed by atoms with Gasteiger partial charge in [-0.15, -0.1) is 0 Å². The van der Waals surface area contributed by atoms with Gasteiger partial charge in [-0.25, -0.2) is 9.78 Å². The van der Waals surface area contributed by atoms with Gasteiger partial charge in [0.15, 0.2) is 0 Å². The Morgan fingerprint density at radius 2 is 1.76 bits per heavy atom. The van der Waals surface area contributed by atoms with Crippen LogP contribution in [0.25, 0.3) is 27.8 Å². The van der Waals surface area contributed by atoms with E-state index in [1.165, 1.54) is 0 Å². The minimum Gasteiger partial charge on any atom is -0.481 e. The third-order valence-corrected chi connectivity index (χ3v) is 8.41. The second-order valence-electron chi connectivity index (χ2n) is 11.2. The van der Waals surface area contributed by atoms with E-state index < -0.39 is 17.9 Å². The van der Waals surface area contributed by atoms with Crippen molar-refractivity contribution in [2.24, 2.45) is 11.8 Å². The van der Waals surface area contributed by atoms with Crippen LogP contribution in [0.3, 0.4) is 0 Å². The van der Waals surface area contributed by atoms with Gasteiger partial charge >= 0.3 is 11.9 Å². The molecule has 1 heterocycles. The highest BCUT2D eigenvalue weighted by molar-refractivity contribution is 5.99. The number of carbonyl (C=O) groups excluding carboxylic acids is 1. The third-order valence-electron chi connectivity index (χ3n) is 8.41. The third kappa shape index (κ3) is 5.93. The largest absolute Gasteiger partial charge is 0.481 e. The van der Waals surface area contributed by atoms with E-state index in [-0.39, 0.29) is 23.8 Å². The molecule has 1 aromatic heterocycles. The van der Waals surface area contributed by atoms with Gasteiger partial charge in [0, 0.05) is 18.5 Å². The summed E-state index contributed by atoms with van der Waals surface area (Å²) in [6.45, 7) is 3.94. The summed E-state index contributed by atoms with van der Waals surface area (Å²) in [6, 6.07) is 18.8. The predicted octanol–water partition coefficient (Wildman–Crippen LogP) is 7.26. The number of carboxylic acids is 2. The van der Waals surface area contributed by atoms with E-state index in [1.54, 1.807) is 0 Å². The zero-order valence-electron chi connectivity index (χ0n) is 24.1. The molecule has 2 atom stereocenters. The molecule has 8 nitrogen and oxygen atoms in total. The molecule has 1 aliphatic rings. The summed E-state index contributed by atoms with van der Waals surface area (Å²) in [7, 11) is 0. The molecule has 1 saturated carbocycles. The molecule has 0 spiro atoms. The van der Waals surface area contributed by atoms with E-state index in [0.29, 0.717) is 29.7 Å². The summed E-state index contributed by atoms with van der Waals surface area (Å²) in [6.07, 6.45) is 5.95. The number of nitrogens with zero attached hydrogens (tertiary/aromatic N) is 2. The topological polar surface area (TPSA) is 122 Å². The number of aliphatic carboxylic acids is 1. The molecule has 4 aromatic rings. The van der Waals surface area contributed by atoms with Crippen LogP contribution in [0.15, 0.2) is 60.7 Å². The number of carbonyl (C=O) groups is 3. The monoisotopic (exact) mass is 567 g/mol. The molecule has 2 unspecified atom stereocenters. The molecule has 0 saturated heterocycles. The van der Waals surface area contributed by atoms with E-state index in [1.807, 2.05) is 72.2 Å². The summed E-state index contributed by atoms with van der Waals surface area (Å²) in [5.74, 6) is -1.86. The Labute approximate surface area is 245 Å². The maximum Gasteiger partial charge on any atom is 0.336 e. The molecule has 1 aliphatic carbocycles. The lowest BCUT2D eigenvalue weighted by molar-refractivity contribution is -0.145. The molecule has 0 radical (unpaired) electrons. The van der Waals surface area contributed by atoms with Gasteiger partial charge in [0.05, 0.1) is 28.2 Å². The van der Waals surface area contributed by atoms with Crippen LogP contribution >= 0.6 is 0 Å². The van der Waals surface area contributed by atoms with Crippen molar-refractivity contribution in [1.82, 2.24) is 9.55 Å². The lowest BCUT2D eigenvalue weighted by atomic mass is 9.77. The summed E-state index contributed by atoms with van der Waals surface area (Å²) in [5, 5.41) is 22.9. The average Bonchev–Trinajstić information content (AvgIpc) is 3.33. The number of anilines is 1. The highest BCUT2D eigenvalue weighted by atomic mass is 16.4. The Morgan fingerprint density at radius 1 is 1.00 bits per heavy atom. The fourth-order valence-corrected chi connectivity index (χ4v) is 6.28. The minimum atomic E-state index is -0.997. The molecule has 3 aromatic carbocycles. The molecule has 42 heavy (non-hydrogen) atoms. The summed E-state index contributed by atoms with van der Waals surface area (Å²) >= 11 is 0. The van der Waals surface area contributed by atoms with Crippen molar-refractivity contribution >= 4 is 34.6 Å². The number of benzene rings is 3. The number of imidazole rings is 1. The van der Waals surface area contributed by atoms with Gasteiger partial charge in [-0.3, -0.25) is 14.2 Å². The second-order valence-corrected chi connectivity index (χ2v) is 11.2. The number of hydrogen-bond acceptors (Lipinski definition) is 4. The maximum atomic E-state index is 13.0. The zero-order chi connectivity index (χ0) is 29.8. The van der Waals surface area contributed by atoms with Crippen molar-refractivity contribution in [3.63, 3.8) is 0 Å². The van der Waals surface area contributed by atoms with Crippen LogP contribution in [-0.2, 0) is 16.0 Å². The molecule has 0 aliphatic heterocycles. The number of fused-ring (bicyclic) bond motifs is 1. The number of unbranched alkanes of at least 4 members (excludes halogenated alkanes) is 1. The van der Waals surface area contributed by atoms with Crippen molar-refractivity contribution in [3.8, 4) is 16.8 Å². The molecular formula is C34H37N3O5. The number of nitrogens with one attached hydrogen (secondary N) is 1. The lowest BCUT2D eigenvalue weighted by Crippen LogP contribution is -2.30. The first-order chi connectivity index (χ1) is 20.3. The standard InChI is InChI=1S/C34H37N3O5/c1-3-4-14-30-36-27-17-15-24(35-31(38)19-23-12-8-9-13-26(23)33(39)40)20-29(27)37(30)28-18-16-25(22-10-6-5-7-11-22)32(21(28)2)34(41)42/h5-7,10-11,15-18,20,23,26H,3-4,8-9,12-14,19H2,1-2H3,(H,35,38)(H,39,40)(H,41,42). The second kappa shape index (κ2) is 12.6. The molecule has 8 heteroatoms. The number of aromatic carboxylic acids is 1. The van der Waals surface area contributed by atoms with Crippen molar-refractivity contribution in [3.05, 3.63) is 77.6 Å². The summed E-state index contributed by atoms with van der Waals surface area (Å²) < 4.78 is 2.01. The van der Waals surface area contributed by atoms with E-state index >= 15 is 0 Å². The van der Waals surface area contributed by atoms with Crippen LogP contribution in [0.2, 0.25) is 0 Å². The van der Waals surface area contributed by atoms with Gasteiger partial charge in [-0.2, -0.15) is 0 Å². The van der Waals surface area contributed by atoms with Gasteiger partial charge in [-0.05, 0) is 73.1 Å². The average molecular weight is 568 g/mol. The SMILES string of the molecule is CCCCc1nc2ccc(NC(=O)CC3CCCCC3C(=O)O)cc2n1-c1ccc(-c2ccccc2)c(C(=O)O)c1C. The van der Waals surface area contributed by atoms with Crippen molar-refractivity contribution in [2.45, 2.75) is 65.2 Å². The number of rotatable bonds is 10. The number of carboxylic acid groups (broad SMARTS) is 2. The first-order valence-electron chi connectivity index (χ1n) is 14.7. The minimum absolute atomic E-state index is 0.165. The van der Waals surface area contributed by atoms with E-state index in [0.717, 1.165) is 60.2 Å². The normalized spacial score (nSPS) is 16.8. The van der Waals surface area contributed by atoms with E-state index in [9.17, 15) is 24.6 Å². The lowest BCUT2D eigenvalue weighted by Gasteiger charge is -2.27. The van der Waals surface area contributed by atoms with Crippen LogP contribution in [0.4, 0.5) is 5.69 Å². The van der Waals surface area contributed by atoms with Crippen molar-refractivity contribution in [2.75, 3.05) is 5.32 Å². The molecular weight excluding hydrogens is 530 g/mol. The fourth-order valence-electron chi connectivity index (χ4n) is 6.28. The molecule has 0 bridgehead atoms. The van der Waals surface area contributed by atoms with Crippen LogP contribution in [0.5, 0.6) is 0 Å². The molecule has 5 rings (SSSR count). The van der Waals surface area contributed by atoms with Gasteiger partial charge in [0.2, 0.25) is 5.91 Å². The van der Waals surface area contributed by atoms with E-state index in [4.69, 9.17) is 4.98 Å². The predicted molar refractivity (Wildman–Crippen MR) is 163 cm³/mol. The number of aryl methyl sites for hydroxylation is 1. The van der Waals surface area contributed by atoms with Crippen LogP contribution in [0.1, 0.15) is 73.6 Å². The van der Waals surface area contributed by atoms with Gasteiger partial charge in [0.1, 0.15) is 5.82 Å². The van der Waals surface area contributed by atoms with Crippen molar-refractivity contribution in [1.29, 1.82) is 0 Å². The quantitative estimate of drug-likeness (QED) is 0.185. The van der Waals surface area contributed by atoms with Gasteiger partial charge in [-0.1, -0.05) is 62.6 Å². The highest BCUT2D eigenvalue weighted by Gasteiger charge is 2.32. The van der Waals surface area contributed by atoms with Gasteiger partial charge in [0.25, 0.3) is 0 Å². The van der Waals surface area contributed by atoms with Crippen molar-refractivity contribution < 1.29 is 24.6 Å². The number of hydrogen-bond donors (Lipinski definition) is 3. The van der Waals surface area contributed by atoms with Gasteiger partial charge < -0.3 is 15.5 Å². The first kappa shape index (κ1) is 29.0. The first-order valence-corrected chi connectivity index (χ1v) is 14.7. The Kier molecular flexibility index (Phi) is 8.71. The van der Waals surface area contributed by atoms with Crippen LogP contribution < -0.4 is 5.32 Å².